The summed E-state index contributed by atoms with van der Waals surface area (Å²) in [6.45, 7) is 0. The van der Waals surface area contributed by atoms with E-state index < -0.39 is 17.6 Å². The first-order valence-corrected chi connectivity index (χ1v) is 8.35. The molecule has 0 unspecified atom stereocenters. The molecule has 2 heterocycles. The highest BCUT2D eigenvalue weighted by atomic mass is 79.9. The van der Waals surface area contributed by atoms with E-state index in [9.17, 15) is 14.0 Å². The first-order valence-electron chi connectivity index (χ1n) is 6.74. The molecular formula is C16H10BrFN2O3S. The minimum absolute atomic E-state index is 0.0813. The molecule has 3 rings (SSSR count). The highest BCUT2D eigenvalue weighted by Gasteiger charge is 2.14. The Bertz CT molecular complexity index is 893. The monoisotopic (exact) mass is 408 g/mol. The second-order valence-electron chi connectivity index (χ2n) is 4.67. The van der Waals surface area contributed by atoms with E-state index in [1.54, 1.807) is 24.3 Å². The average molecular weight is 409 g/mol. The number of amides is 2. The van der Waals surface area contributed by atoms with Gasteiger partial charge in [0.15, 0.2) is 5.76 Å². The fourth-order valence-electron chi connectivity index (χ4n) is 1.88. The van der Waals surface area contributed by atoms with Gasteiger partial charge in [-0.1, -0.05) is 15.9 Å². The van der Waals surface area contributed by atoms with Crippen molar-refractivity contribution >= 4 is 49.8 Å². The number of furan rings is 1. The molecule has 122 valence electrons. The van der Waals surface area contributed by atoms with Crippen molar-refractivity contribution in [1.82, 2.24) is 0 Å². The van der Waals surface area contributed by atoms with Crippen LogP contribution in [0, 0.1) is 5.82 Å². The Morgan fingerprint density at radius 1 is 1.08 bits per heavy atom. The van der Waals surface area contributed by atoms with Gasteiger partial charge in [-0.15, -0.1) is 11.3 Å². The van der Waals surface area contributed by atoms with Gasteiger partial charge in [0.25, 0.3) is 11.8 Å². The van der Waals surface area contributed by atoms with Crippen LogP contribution in [0.15, 0.2) is 57.6 Å². The van der Waals surface area contributed by atoms with E-state index in [0.29, 0.717) is 14.4 Å². The number of thiophene rings is 1. The van der Waals surface area contributed by atoms with Gasteiger partial charge in [0, 0.05) is 4.47 Å². The smallest absolute Gasteiger partial charge is 0.291 e. The Kier molecular flexibility index (Phi) is 4.77. The van der Waals surface area contributed by atoms with Gasteiger partial charge in [-0.2, -0.15) is 0 Å². The Morgan fingerprint density at radius 3 is 2.62 bits per heavy atom. The fraction of sp³-hybridized carbons (Fsp3) is 0. The van der Waals surface area contributed by atoms with Crippen molar-refractivity contribution in [3.63, 3.8) is 0 Å². The van der Waals surface area contributed by atoms with E-state index in [4.69, 9.17) is 4.42 Å². The number of benzene rings is 1. The summed E-state index contributed by atoms with van der Waals surface area (Å²) < 4.78 is 19.3. The Balaban J connectivity index is 1.68. The molecule has 2 amide bonds. The number of hydrogen-bond acceptors (Lipinski definition) is 4. The van der Waals surface area contributed by atoms with Crippen LogP contribution >= 0.6 is 27.3 Å². The van der Waals surface area contributed by atoms with E-state index >= 15 is 0 Å². The van der Waals surface area contributed by atoms with Crippen molar-refractivity contribution in [2.24, 2.45) is 0 Å². The molecule has 0 radical (unpaired) electrons. The minimum atomic E-state index is -0.541. The van der Waals surface area contributed by atoms with Crippen molar-refractivity contribution < 1.29 is 18.4 Å². The number of anilines is 2. The number of halogens is 2. The molecule has 2 N–H and O–H groups in total. The molecule has 1 aromatic carbocycles. The molecule has 8 heteroatoms. The molecule has 0 fully saturated rings. The molecule has 5 nitrogen and oxygen atoms in total. The van der Waals surface area contributed by atoms with Crippen molar-refractivity contribution in [2.45, 2.75) is 0 Å². The zero-order valence-corrected chi connectivity index (χ0v) is 14.4. The zero-order valence-electron chi connectivity index (χ0n) is 12.0. The third-order valence-corrected chi connectivity index (χ3v) is 4.48. The number of carbonyl (C=O) groups excluding carboxylic acids is 2. The lowest BCUT2D eigenvalue weighted by Crippen LogP contribution is -2.11. The molecule has 3 aromatic rings. The van der Waals surface area contributed by atoms with Crippen LogP contribution in [-0.2, 0) is 0 Å². The number of nitrogens with one attached hydrogen (secondary N) is 2. The van der Waals surface area contributed by atoms with Crippen LogP contribution in [0.3, 0.4) is 0 Å². The summed E-state index contributed by atoms with van der Waals surface area (Å²) in [6.07, 6.45) is 1.40. The van der Waals surface area contributed by atoms with Gasteiger partial charge in [0.1, 0.15) is 5.82 Å². The van der Waals surface area contributed by atoms with Gasteiger partial charge in [0.05, 0.1) is 21.8 Å². The van der Waals surface area contributed by atoms with Crippen LogP contribution in [-0.4, -0.2) is 11.8 Å². The average Bonchev–Trinajstić information content (AvgIpc) is 3.21. The zero-order chi connectivity index (χ0) is 17.1. The third kappa shape index (κ3) is 3.72. The van der Waals surface area contributed by atoms with E-state index in [1.807, 2.05) is 0 Å². The lowest BCUT2D eigenvalue weighted by atomic mass is 10.3. The third-order valence-electron chi connectivity index (χ3n) is 2.99. The molecule has 0 saturated heterocycles. The summed E-state index contributed by atoms with van der Waals surface area (Å²) in [7, 11) is 0. The predicted octanol–water partition coefficient (Wildman–Crippen LogP) is 4.75. The number of carbonyl (C=O) groups is 2. The van der Waals surface area contributed by atoms with Crippen LogP contribution in [0.5, 0.6) is 0 Å². The number of hydrogen-bond donors (Lipinski definition) is 2. The van der Waals surface area contributed by atoms with Crippen molar-refractivity contribution in [1.29, 1.82) is 0 Å². The molecule has 0 atom stereocenters. The van der Waals surface area contributed by atoms with Gasteiger partial charge in [-0.25, -0.2) is 4.39 Å². The lowest BCUT2D eigenvalue weighted by Gasteiger charge is -2.05. The van der Waals surface area contributed by atoms with Gasteiger partial charge in [0.2, 0.25) is 0 Å². The standard InChI is InChI=1S/C16H10BrFN2O3S/c17-9-3-4-11(10(18)8-9)19-16(22)13-5-6-14(24-13)20-15(21)12-2-1-7-23-12/h1-8H,(H,19,22)(H,20,21). The Labute approximate surface area is 148 Å². The summed E-state index contributed by atoms with van der Waals surface area (Å²) in [5, 5.41) is 5.60. The van der Waals surface area contributed by atoms with Gasteiger partial charge in [-0.05, 0) is 42.5 Å². The van der Waals surface area contributed by atoms with Crippen LogP contribution in [0.4, 0.5) is 15.1 Å². The van der Waals surface area contributed by atoms with Gasteiger partial charge < -0.3 is 15.1 Å². The first kappa shape index (κ1) is 16.4. The maximum atomic E-state index is 13.8. The largest absolute Gasteiger partial charge is 0.459 e. The van der Waals surface area contributed by atoms with Gasteiger partial charge >= 0.3 is 0 Å². The molecule has 0 bridgehead atoms. The van der Waals surface area contributed by atoms with E-state index in [-0.39, 0.29) is 11.4 Å². The summed E-state index contributed by atoms with van der Waals surface area (Å²) in [5.41, 5.74) is 0.0813. The quantitative estimate of drug-likeness (QED) is 0.654. The molecule has 2 aromatic heterocycles. The maximum Gasteiger partial charge on any atom is 0.291 e. The molecular weight excluding hydrogens is 399 g/mol. The second-order valence-corrected chi connectivity index (χ2v) is 6.67. The van der Waals surface area contributed by atoms with Crippen molar-refractivity contribution in [3.8, 4) is 0 Å². The van der Waals surface area contributed by atoms with E-state index in [0.717, 1.165) is 11.3 Å². The highest BCUT2D eigenvalue weighted by molar-refractivity contribution is 9.10. The van der Waals surface area contributed by atoms with E-state index in [2.05, 4.69) is 26.6 Å². The highest BCUT2D eigenvalue weighted by Crippen LogP contribution is 2.25. The SMILES string of the molecule is O=C(Nc1ccc(C(=O)Nc2ccc(Br)cc2F)s1)c1ccco1. The van der Waals surface area contributed by atoms with Crippen LogP contribution in [0.2, 0.25) is 0 Å². The summed E-state index contributed by atoms with van der Waals surface area (Å²) in [6, 6.07) is 10.6. The first-order chi connectivity index (χ1) is 11.5. The predicted molar refractivity (Wildman–Crippen MR) is 93.0 cm³/mol. The molecule has 0 saturated carbocycles. The molecule has 24 heavy (non-hydrogen) atoms. The Morgan fingerprint density at radius 2 is 1.92 bits per heavy atom. The topological polar surface area (TPSA) is 71.3 Å². The molecule has 0 spiro atoms. The molecule has 0 aliphatic carbocycles. The number of rotatable bonds is 4. The van der Waals surface area contributed by atoms with Crippen molar-refractivity contribution in [3.05, 3.63) is 69.7 Å². The van der Waals surface area contributed by atoms with Gasteiger partial charge in [-0.3, -0.25) is 9.59 Å². The lowest BCUT2D eigenvalue weighted by molar-refractivity contribution is 0.0995. The maximum absolute atomic E-state index is 13.8. The van der Waals surface area contributed by atoms with E-state index in [1.165, 1.54) is 24.5 Å². The second kappa shape index (κ2) is 6.98. The fourth-order valence-corrected chi connectivity index (χ4v) is 3.01. The molecule has 0 aliphatic heterocycles. The van der Waals surface area contributed by atoms with Crippen LogP contribution in [0.25, 0.3) is 0 Å². The van der Waals surface area contributed by atoms with Crippen molar-refractivity contribution in [2.75, 3.05) is 10.6 Å². The normalized spacial score (nSPS) is 10.4. The summed E-state index contributed by atoms with van der Waals surface area (Å²) in [4.78, 5) is 24.4. The molecule has 0 aliphatic rings. The summed E-state index contributed by atoms with van der Waals surface area (Å²) in [5.74, 6) is -1.24. The minimum Gasteiger partial charge on any atom is -0.459 e. The Hall–Kier alpha value is -2.45. The van der Waals surface area contributed by atoms with Crippen LogP contribution < -0.4 is 10.6 Å². The summed E-state index contributed by atoms with van der Waals surface area (Å²) >= 11 is 4.23. The van der Waals surface area contributed by atoms with Crippen LogP contribution in [0.1, 0.15) is 20.2 Å².